The summed E-state index contributed by atoms with van der Waals surface area (Å²) in [5, 5.41) is 0. The number of hydrogen-bond donors (Lipinski definition) is 0. The van der Waals surface area contributed by atoms with Crippen LogP contribution in [0, 0.1) is 29.4 Å². The van der Waals surface area contributed by atoms with Crippen molar-refractivity contribution in [3.8, 4) is 0 Å². The summed E-state index contributed by atoms with van der Waals surface area (Å²) in [4.78, 5) is 0. The van der Waals surface area contributed by atoms with E-state index >= 15 is 0 Å². The maximum atomic E-state index is 13.3. The molecular formula is C22H32F2O2. The van der Waals surface area contributed by atoms with Crippen molar-refractivity contribution in [1.29, 1.82) is 0 Å². The average molecular weight is 366 g/mol. The molecule has 0 bridgehead atoms. The lowest BCUT2D eigenvalue weighted by molar-refractivity contribution is -0.212. The maximum absolute atomic E-state index is 13.3. The van der Waals surface area contributed by atoms with Crippen LogP contribution in [0.3, 0.4) is 0 Å². The Balaban J connectivity index is 1.36. The van der Waals surface area contributed by atoms with Gasteiger partial charge in [0, 0.05) is 12.3 Å². The molecule has 0 N–H and O–H groups in total. The van der Waals surface area contributed by atoms with Crippen LogP contribution in [-0.2, 0) is 15.9 Å². The number of rotatable bonds is 7. The fourth-order valence-corrected chi connectivity index (χ4v) is 4.42. The Morgan fingerprint density at radius 2 is 1.65 bits per heavy atom. The van der Waals surface area contributed by atoms with Gasteiger partial charge in [-0.05, 0) is 48.8 Å². The van der Waals surface area contributed by atoms with E-state index < -0.39 is 11.6 Å². The van der Waals surface area contributed by atoms with Gasteiger partial charge in [-0.15, -0.1) is 0 Å². The molecule has 1 heterocycles. The molecule has 0 unspecified atom stereocenters. The van der Waals surface area contributed by atoms with Crippen LogP contribution in [0.4, 0.5) is 8.78 Å². The zero-order valence-electron chi connectivity index (χ0n) is 15.9. The quantitative estimate of drug-likeness (QED) is 0.600. The van der Waals surface area contributed by atoms with Gasteiger partial charge in [-0.2, -0.15) is 0 Å². The SMILES string of the molecule is CCCCC1CCC(C2COC(CCc3ccc(F)c(F)c3)OC2)CC1. The predicted octanol–water partition coefficient (Wildman–Crippen LogP) is 5.88. The first-order valence-corrected chi connectivity index (χ1v) is 10.3. The molecule has 1 aliphatic carbocycles. The van der Waals surface area contributed by atoms with E-state index in [-0.39, 0.29) is 6.29 Å². The van der Waals surface area contributed by atoms with Crippen molar-refractivity contribution in [2.24, 2.45) is 17.8 Å². The molecule has 0 spiro atoms. The Hall–Kier alpha value is -1.00. The zero-order valence-corrected chi connectivity index (χ0v) is 15.9. The molecule has 1 saturated heterocycles. The highest BCUT2D eigenvalue weighted by Gasteiger charge is 2.31. The number of aryl methyl sites for hydroxylation is 1. The summed E-state index contributed by atoms with van der Waals surface area (Å²) in [6.07, 6.45) is 10.5. The van der Waals surface area contributed by atoms with E-state index in [9.17, 15) is 8.78 Å². The summed E-state index contributed by atoms with van der Waals surface area (Å²) in [6, 6.07) is 4.07. The minimum Gasteiger partial charge on any atom is -0.352 e. The molecule has 146 valence electrons. The molecular weight excluding hydrogens is 334 g/mol. The molecule has 1 saturated carbocycles. The van der Waals surface area contributed by atoms with Crippen LogP contribution in [0.5, 0.6) is 0 Å². The van der Waals surface area contributed by atoms with Gasteiger partial charge in [0.25, 0.3) is 0 Å². The minimum absolute atomic E-state index is 0.222. The maximum Gasteiger partial charge on any atom is 0.159 e. The van der Waals surface area contributed by atoms with Crippen molar-refractivity contribution in [2.75, 3.05) is 13.2 Å². The van der Waals surface area contributed by atoms with Crippen LogP contribution in [0.1, 0.15) is 63.9 Å². The highest BCUT2D eigenvalue weighted by molar-refractivity contribution is 5.17. The highest BCUT2D eigenvalue weighted by atomic mass is 19.2. The number of halogens is 2. The van der Waals surface area contributed by atoms with Gasteiger partial charge in [0.1, 0.15) is 0 Å². The smallest absolute Gasteiger partial charge is 0.159 e. The Morgan fingerprint density at radius 1 is 0.923 bits per heavy atom. The number of unbranched alkanes of at least 4 members (excludes halogenated alkanes) is 1. The van der Waals surface area contributed by atoms with E-state index in [4.69, 9.17) is 9.47 Å². The first-order valence-electron chi connectivity index (χ1n) is 10.3. The molecule has 3 rings (SSSR count). The standard InChI is InChI=1S/C22H32F2O2/c1-2-3-4-16-5-9-18(10-6-16)19-14-25-22(26-15-19)12-8-17-7-11-20(23)21(24)13-17/h7,11,13,16,18-19,22H,2-6,8-10,12,14-15H2,1H3. The van der Waals surface area contributed by atoms with Crippen molar-refractivity contribution >= 4 is 0 Å². The third-order valence-corrected chi connectivity index (χ3v) is 6.17. The van der Waals surface area contributed by atoms with Crippen molar-refractivity contribution in [3.05, 3.63) is 35.4 Å². The molecule has 1 aromatic carbocycles. The molecule has 0 radical (unpaired) electrons. The Bertz CT molecular complexity index is 547. The highest BCUT2D eigenvalue weighted by Crippen LogP contribution is 2.37. The lowest BCUT2D eigenvalue weighted by Gasteiger charge is -2.37. The molecule has 2 fully saturated rings. The Morgan fingerprint density at radius 3 is 2.31 bits per heavy atom. The summed E-state index contributed by atoms with van der Waals surface area (Å²) in [5.74, 6) is 0.593. The molecule has 1 aromatic rings. The first-order chi connectivity index (χ1) is 12.7. The van der Waals surface area contributed by atoms with E-state index in [1.165, 1.54) is 57.1 Å². The van der Waals surface area contributed by atoms with Crippen LogP contribution in [0.15, 0.2) is 18.2 Å². The largest absolute Gasteiger partial charge is 0.352 e. The summed E-state index contributed by atoms with van der Waals surface area (Å²) >= 11 is 0. The second kappa shape index (κ2) is 9.80. The molecule has 0 aromatic heterocycles. The van der Waals surface area contributed by atoms with Gasteiger partial charge in [0.15, 0.2) is 17.9 Å². The van der Waals surface area contributed by atoms with Crippen LogP contribution in [0.25, 0.3) is 0 Å². The van der Waals surface area contributed by atoms with Crippen molar-refractivity contribution < 1.29 is 18.3 Å². The predicted molar refractivity (Wildman–Crippen MR) is 98.8 cm³/mol. The van der Waals surface area contributed by atoms with Gasteiger partial charge < -0.3 is 9.47 Å². The summed E-state index contributed by atoms with van der Waals surface area (Å²) < 4.78 is 38.1. The van der Waals surface area contributed by atoms with E-state index in [1.807, 2.05) is 0 Å². The van der Waals surface area contributed by atoms with E-state index in [0.29, 0.717) is 18.8 Å². The molecule has 2 aliphatic rings. The van der Waals surface area contributed by atoms with Crippen molar-refractivity contribution in [2.45, 2.75) is 71.0 Å². The fourth-order valence-electron chi connectivity index (χ4n) is 4.42. The van der Waals surface area contributed by atoms with E-state index in [0.717, 1.165) is 30.6 Å². The lowest BCUT2D eigenvalue weighted by atomic mass is 9.75. The number of benzene rings is 1. The van der Waals surface area contributed by atoms with Crippen molar-refractivity contribution in [3.63, 3.8) is 0 Å². The molecule has 0 atom stereocenters. The van der Waals surface area contributed by atoms with E-state index in [2.05, 4.69) is 6.92 Å². The minimum atomic E-state index is -0.800. The second-order valence-electron chi connectivity index (χ2n) is 8.07. The van der Waals surface area contributed by atoms with Gasteiger partial charge >= 0.3 is 0 Å². The van der Waals surface area contributed by atoms with Gasteiger partial charge in [-0.25, -0.2) is 8.78 Å². The summed E-state index contributed by atoms with van der Waals surface area (Å²) in [7, 11) is 0. The fraction of sp³-hybridized carbons (Fsp3) is 0.727. The topological polar surface area (TPSA) is 18.5 Å². The molecule has 26 heavy (non-hydrogen) atoms. The lowest BCUT2D eigenvalue weighted by Crippen LogP contribution is -2.37. The van der Waals surface area contributed by atoms with E-state index in [1.54, 1.807) is 6.07 Å². The summed E-state index contributed by atoms with van der Waals surface area (Å²) in [6.45, 7) is 3.81. The zero-order chi connectivity index (χ0) is 18.4. The second-order valence-corrected chi connectivity index (χ2v) is 8.07. The third kappa shape index (κ3) is 5.50. The molecule has 4 heteroatoms. The molecule has 2 nitrogen and oxygen atoms in total. The first kappa shape index (κ1) is 19.8. The monoisotopic (exact) mass is 366 g/mol. The van der Waals surface area contributed by atoms with Crippen LogP contribution in [-0.4, -0.2) is 19.5 Å². The molecule has 0 amide bonds. The van der Waals surface area contributed by atoms with Gasteiger partial charge in [-0.3, -0.25) is 0 Å². The van der Waals surface area contributed by atoms with Crippen LogP contribution >= 0.6 is 0 Å². The number of ether oxygens (including phenoxy) is 2. The van der Waals surface area contributed by atoms with Gasteiger partial charge in [0.2, 0.25) is 0 Å². The van der Waals surface area contributed by atoms with Gasteiger partial charge in [0.05, 0.1) is 13.2 Å². The van der Waals surface area contributed by atoms with Crippen LogP contribution in [0.2, 0.25) is 0 Å². The van der Waals surface area contributed by atoms with Crippen LogP contribution < -0.4 is 0 Å². The molecule has 1 aliphatic heterocycles. The normalized spacial score (nSPS) is 29.7. The summed E-state index contributed by atoms with van der Waals surface area (Å²) in [5.41, 5.74) is 0.781. The van der Waals surface area contributed by atoms with Gasteiger partial charge in [-0.1, -0.05) is 45.1 Å². The average Bonchev–Trinajstić information content (AvgIpc) is 2.68. The Kier molecular flexibility index (Phi) is 7.44. The Labute approximate surface area is 156 Å². The van der Waals surface area contributed by atoms with Crippen molar-refractivity contribution in [1.82, 2.24) is 0 Å². The number of hydrogen-bond acceptors (Lipinski definition) is 2. The third-order valence-electron chi connectivity index (χ3n) is 6.17.